The van der Waals surface area contributed by atoms with E-state index in [9.17, 15) is 4.79 Å². The van der Waals surface area contributed by atoms with Crippen LogP contribution in [0.3, 0.4) is 0 Å². The van der Waals surface area contributed by atoms with Crippen LogP contribution in [0.2, 0.25) is 0 Å². The van der Waals surface area contributed by atoms with Gasteiger partial charge >= 0.3 is 0 Å². The maximum absolute atomic E-state index is 12.3. The number of thiophene rings is 1. The molecule has 0 saturated carbocycles. The average Bonchev–Trinajstić information content (AvgIpc) is 3.44. The van der Waals surface area contributed by atoms with Crippen molar-refractivity contribution in [2.24, 2.45) is 5.10 Å². The molecule has 4 aromatic rings. The first-order chi connectivity index (χ1) is 14.2. The van der Waals surface area contributed by atoms with Crippen molar-refractivity contribution in [3.63, 3.8) is 0 Å². The number of benzene rings is 2. The quantitative estimate of drug-likeness (QED) is 0.385. The number of aromatic nitrogens is 2. The summed E-state index contributed by atoms with van der Waals surface area (Å²) in [5.74, 6) is 0.399. The summed E-state index contributed by atoms with van der Waals surface area (Å²) >= 11 is 1.60. The molecule has 0 saturated heterocycles. The van der Waals surface area contributed by atoms with Crippen molar-refractivity contribution in [1.29, 1.82) is 0 Å². The van der Waals surface area contributed by atoms with Gasteiger partial charge in [0.1, 0.15) is 11.4 Å². The Kier molecular flexibility index (Phi) is 5.49. The van der Waals surface area contributed by atoms with Crippen LogP contribution in [0.1, 0.15) is 15.9 Å². The first-order valence-corrected chi connectivity index (χ1v) is 9.79. The minimum Gasteiger partial charge on any atom is -0.497 e. The molecule has 0 bridgehead atoms. The molecular formula is C22H18N4O2S. The molecule has 2 aromatic heterocycles. The molecule has 0 aliphatic heterocycles. The van der Waals surface area contributed by atoms with Gasteiger partial charge in [0, 0.05) is 17.3 Å². The van der Waals surface area contributed by atoms with Gasteiger partial charge in [0.15, 0.2) is 0 Å². The lowest BCUT2D eigenvalue weighted by Gasteiger charge is -2.02. The lowest BCUT2D eigenvalue weighted by atomic mass is 10.2. The minimum absolute atomic E-state index is 0.294. The van der Waals surface area contributed by atoms with E-state index < -0.39 is 0 Å². The average molecular weight is 402 g/mol. The van der Waals surface area contributed by atoms with E-state index in [0.29, 0.717) is 11.3 Å². The first-order valence-electron chi connectivity index (χ1n) is 8.91. The van der Waals surface area contributed by atoms with Crippen molar-refractivity contribution in [1.82, 2.24) is 15.2 Å². The number of amides is 1. The zero-order valence-electron chi connectivity index (χ0n) is 15.6. The van der Waals surface area contributed by atoms with E-state index in [2.05, 4.69) is 10.5 Å². The Bertz CT molecular complexity index is 1120. The first kappa shape index (κ1) is 18.6. The predicted molar refractivity (Wildman–Crippen MR) is 115 cm³/mol. The summed E-state index contributed by atoms with van der Waals surface area (Å²) in [5, 5.41) is 10.8. The Balaban J connectivity index is 1.56. The molecule has 29 heavy (non-hydrogen) atoms. The van der Waals surface area contributed by atoms with Crippen molar-refractivity contribution in [2.75, 3.05) is 7.11 Å². The van der Waals surface area contributed by atoms with Crippen LogP contribution in [0.5, 0.6) is 5.75 Å². The highest BCUT2D eigenvalue weighted by Gasteiger charge is 2.12. The molecule has 4 rings (SSSR count). The second kappa shape index (κ2) is 8.53. The van der Waals surface area contributed by atoms with Gasteiger partial charge < -0.3 is 4.74 Å². The van der Waals surface area contributed by atoms with Crippen molar-refractivity contribution >= 4 is 23.5 Å². The largest absolute Gasteiger partial charge is 0.497 e. The molecule has 6 nitrogen and oxygen atoms in total. The Hall–Kier alpha value is -3.71. The molecule has 1 amide bonds. The highest BCUT2D eigenvalue weighted by Crippen LogP contribution is 2.26. The molecule has 0 atom stereocenters. The molecule has 1 N–H and O–H groups in total. The molecule has 0 radical (unpaired) electrons. The lowest BCUT2D eigenvalue weighted by molar-refractivity contribution is 0.0955. The Morgan fingerprint density at radius 1 is 1.10 bits per heavy atom. The van der Waals surface area contributed by atoms with Crippen molar-refractivity contribution in [2.45, 2.75) is 0 Å². The van der Waals surface area contributed by atoms with Gasteiger partial charge in [-0.05, 0) is 47.8 Å². The summed E-state index contributed by atoms with van der Waals surface area (Å²) in [5.41, 5.74) is 5.64. The molecule has 7 heteroatoms. The van der Waals surface area contributed by atoms with Gasteiger partial charge in [-0.1, -0.05) is 24.3 Å². The third-order valence-electron chi connectivity index (χ3n) is 4.24. The molecule has 144 valence electrons. The van der Waals surface area contributed by atoms with Gasteiger partial charge in [-0.2, -0.15) is 10.2 Å². The number of para-hydroxylation sites is 1. The van der Waals surface area contributed by atoms with Crippen molar-refractivity contribution < 1.29 is 9.53 Å². The number of hydrogen-bond donors (Lipinski definition) is 1. The maximum atomic E-state index is 12.3. The summed E-state index contributed by atoms with van der Waals surface area (Å²) in [6.45, 7) is 0. The molecule has 0 unspecified atom stereocenters. The van der Waals surface area contributed by atoms with E-state index in [0.717, 1.165) is 21.8 Å². The van der Waals surface area contributed by atoms with Crippen molar-refractivity contribution in [3.05, 3.63) is 89.4 Å². The minimum atomic E-state index is -0.294. The van der Waals surface area contributed by atoms with Crippen LogP contribution >= 0.6 is 11.3 Å². The third kappa shape index (κ3) is 4.25. The molecule has 0 aliphatic rings. The van der Waals surface area contributed by atoms with E-state index >= 15 is 0 Å². The molecule has 2 aromatic carbocycles. The number of methoxy groups -OCH3 is 1. The van der Waals surface area contributed by atoms with Crippen LogP contribution in [-0.2, 0) is 0 Å². The molecule has 0 aliphatic carbocycles. The van der Waals surface area contributed by atoms with E-state index in [-0.39, 0.29) is 5.91 Å². The maximum Gasteiger partial charge on any atom is 0.271 e. The van der Waals surface area contributed by atoms with Crippen LogP contribution in [0, 0.1) is 0 Å². The van der Waals surface area contributed by atoms with Crippen LogP contribution in [0.25, 0.3) is 16.3 Å². The highest BCUT2D eigenvalue weighted by atomic mass is 32.1. The predicted octanol–water partition coefficient (Wildman–Crippen LogP) is 4.37. The number of ether oxygens (including phenoxy) is 1. The van der Waals surface area contributed by atoms with E-state index in [1.54, 1.807) is 48.9 Å². The van der Waals surface area contributed by atoms with Crippen LogP contribution in [-0.4, -0.2) is 29.0 Å². The Labute approximate surface area is 172 Å². The molecular weight excluding hydrogens is 384 g/mol. The fourth-order valence-electron chi connectivity index (χ4n) is 2.77. The van der Waals surface area contributed by atoms with Crippen LogP contribution in [0.4, 0.5) is 0 Å². The summed E-state index contributed by atoms with van der Waals surface area (Å²) < 4.78 is 6.91. The van der Waals surface area contributed by atoms with Gasteiger partial charge in [-0.3, -0.25) is 4.79 Å². The number of rotatable bonds is 6. The topological polar surface area (TPSA) is 68.5 Å². The highest BCUT2D eigenvalue weighted by molar-refractivity contribution is 7.13. The summed E-state index contributed by atoms with van der Waals surface area (Å²) in [6, 6.07) is 20.7. The lowest BCUT2D eigenvalue weighted by Crippen LogP contribution is -2.17. The Morgan fingerprint density at radius 2 is 1.90 bits per heavy atom. The number of hydrogen-bond acceptors (Lipinski definition) is 5. The standard InChI is InChI=1S/C22H18N4O2S/c1-28-19-11-9-16(10-12-19)22(27)24-23-14-17-15-26(18-6-3-2-4-7-18)25-21(17)20-8-5-13-29-20/h2-15H,1H3,(H,24,27). The van der Waals surface area contributed by atoms with Crippen LogP contribution in [0.15, 0.2) is 83.4 Å². The van der Waals surface area contributed by atoms with Gasteiger partial charge in [0.05, 0.1) is 23.9 Å². The number of nitrogens with zero attached hydrogens (tertiary/aromatic N) is 3. The number of nitrogens with one attached hydrogen (secondary N) is 1. The van der Waals surface area contributed by atoms with E-state index in [1.807, 2.05) is 58.7 Å². The second-order valence-electron chi connectivity index (χ2n) is 6.12. The molecule has 0 fully saturated rings. The molecule has 2 heterocycles. The SMILES string of the molecule is COc1ccc(C(=O)NN=Cc2cn(-c3ccccc3)nc2-c2cccs2)cc1. The summed E-state index contributed by atoms with van der Waals surface area (Å²) in [6.07, 6.45) is 3.51. The number of carbonyl (C=O) groups is 1. The smallest absolute Gasteiger partial charge is 0.271 e. The summed E-state index contributed by atoms with van der Waals surface area (Å²) in [7, 11) is 1.58. The third-order valence-corrected chi connectivity index (χ3v) is 5.12. The summed E-state index contributed by atoms with van der Waals surface area (Å²) in [4.78, 5) is 13.3. The zero-order chi connectivity index (χ0) is 20.1. The van der Waals surface area contributed by atoms with E-state index in [1.165, 1.54) is 0 Å². The van der Waals surface area contributed by atoms with Gasteiger partial charge in [-0.15, -0.1) is 11.3 Å². The zero-order valence-corrected chi connectivity index (χ0v) is 16.5. The monoisotopic (exact) mass is 402 g/mol. The molecule has 0 spiro atoms. The van der Waals surface area contributed by atoms with Crippen LogP contribution < -0.4 is 10.2 Å². The Morgan fingerprint density at radius 3 is 2.59 bits per heavy atom. The fourth-order valence-corrected chi connectivity index (χ4v) is 3.50. The fraction of sp³-hybridized carbons (Fsp3) is 0.0455. The van der Waals surface area contributed by atoms with E-state index in [4.69, 9.17) is 9.84 Å². The van der Waals surface area contributed by atoms with Gasteiger partial charge in [-0.25, -0.2) is 10.1 Å². The van der Waals surface area contributed by atoms with Gasteiger partial charge in [0.25, 0.3) is 5.91 Å². The van der Waals surface area contributed by atoms with Gasteiger partial charge in [0.2, 0.25) is 0 Å². The number of hydrazone groups is 1. The second-order valence-corrected chi connectivity index (χ2v) is 7.07. The number of carbonyl (C=O) groups excluding carboxylic acids is 1. The van der Waals surface area contributed by atoms with Crippen molar-refractivity contribution in [3.8, 4) is 22.0 Å². The normalized spacial score (nSPS) is 10.9.